The van der Waals surface area contributed by atoms with Crippen molar-refractivity contribution in [3.63, 3.8) is 0 Å². The van der Waals surface area contributed by atoms with Gasteiger partial charge >= 0.3 is 0 Å². The third-order valence-corrected chi connectivity index (χ3v) is 7.39. The molecular weight excluding hydrogens is 336 g/mol. The Balaban J connectivity index is 1.53. The first kappa shape index (κ1) is 16.4. The Morgan fingerprint density at radius 3 is 2.72 bits per heavy atom. The topological polar surface area (TPSA) is 71.0 Å². The maximum Gasteiger partial charge on any atom is 0.183 e. The van der Waals surface area contributed by atoms with E-state index in [1.54, 1.807) is 6.20 Å². The van der Waals surface area contributed by atoms with Crippen LogP contribution in [0.5, 0.6) is 0 Å². The molecule has 1 N–H and O–H groups in total. The average molecular weight is 358 g/mol. The molecule has 7 heteroatoms. The number of sulfone groups is 1. The van der Waals surface area contributed by atoms with E-state index in [9.17, 15) is 8.42 Å². The number of nitrogens with one attached hydrogen (secondary N) is 1. The molecule has 0 amide bonds. The minimum absolute atomic E-state index is 0.307. The van der Waals surface area contributed by atoms with E-state index >= 15 is 0 Å². The van der Waals surface area contributed by atoms with Gasteiger partial charge in [-0.15, -0.1) is 0 Å². The van der Waals surface area contributed by atoms with Crippen molar-refractivity contribution >= 4 is 20.7 Å². The van der Waals surface area contributed by atoms with Gasteiger partial charge in [0.15, 0.2) is 9.84 Å². The summed E-state index contributed by atoms with van der Waals surface area (Å²) in [5.41, 5.74) is 2.09. The number of aryl methyl sites for hydroxylation is 1. The summed E-state index contributed by atoms with van der Waals surface area (Å²) >= 11 is 0. The van der Waals surface area contributed by atoms with Crippen molar-refractivity contribution in [2.75, 3.05) is 13.1 Å². The predicted octanol–water partition coefficient (Wildman–Crippen LogP) is 2.34. The zero-order valence-corrected chi connectivity index (χ0v) is 15.0. The molecule has 0 unspecified atom stereocenters. The summed E-state index contributed by atoms with van der Waals surface area (Å²) in [6.45, 7) is 2.40. The zero-order chi connectivity index (χ0) is 17.4. The summed E-state index contributed by atoms with van der Waals surface area (Å²) in [5.74, 6) is 0. The van der Waals surface area contributed by atoms with E-state index in [0.29, 0.717) is 17.7 Å². The first-order chi connectivity index (χ1) is 12.1. The summed E-state index contributed by atoms with van der Waals surface area (Å²) in [6.07, 6.45) is 6.81. The first-order valence-corrected chi connectivity index (χ1v) is 10.1. The highest BCUT2D eigenvalue weighted by atomic mass is 32.2. The number of hydrogen-bond acceptors (Lipinski definition) is 4. The van der Waals surface area contributed by atoms with Crippen molar-refractivity contribution in [2.45, 2.75) is 29.5 Å². The number of benzene rings is 1. The smallest absolute Gasteiger partial charge is 0.183 e. The van der Waals surface area contributed by atoms with Crippen LogP contribution in [0.1, 0.15) is 18.4 Å². The molecule has 1 aromatic carbocycles. The van der Waals surface area contributed by atoms with Gasteiger partial charge in [0.2, 0.25) is 0 Å². The molecule has 1 fully saturated rings. The maximum absolute atomic E-state index is 13.2. The third-order valence-electron chi connectivity index (χ3n) is 5.10. The maximum atomic E-state index is 13.2. The van der Waals surface area contributed by atoms with Gasteiger partial charge < -0.3 is 4.57 Å². The van der Waals surface area contributed by atoms with E-state index < -0.39 is 9.84 Å². The van der Waals surface area contributed by atoms with Gasteiger partial charge in [0, 0.05) is 42.5 Å². The lowest BCUT2D eigenvalue weighted by atomic mass is 10.1. The van der Waals surface area contributed by atoms with Crippen molar-refractivity contribution in [2.24, 2.45) is 7.05 Å². The molecule has 132 valence electrons. The highest BCUT2D eigenvalue weighted by Gasteiger charge is 2.33. The number of hydrogen-bond donors (Lipinski definition) is 1. The molecule has 0 radical (unpaired) electrons. The molecule has 0 atom stereocenters. The molecule has 0 bridgehead atoms. The Morgan fingerprint density at radius 2 is 2.00 bits per heavy atom. The Hall–Kier alpha value is -2.12. The zero-order valence-electron chi connectivity index (χ0n) is 14.2. The van der Waals surface area contributed by atoms with Gasteiger partial charge in [0.25, 0.3) is 0 Å². The molecule has 0 saturated carbocycles. The van der Waals surface area contributed by atoms with Crippen molar-refractivity contribution < 1.29 is 8.42 Å². The van der Waals surface area contributed by atoms with Crippen LogP contribution in [0.25, 0.3) is 10.9 Å². The van der Waals surface area contributed by atoms with E-state index in [0.717, 1.165) is 36.1 Å². The van der Waals surface area contributed by atoms with Crippen molar-refractivity contribution in [3.05, 3.63) is 48.4 Å². The second kappa shape index (κ2) is 6.31. The number of H-pyrrole nitrogens is 1. The van der Waals surface area contributed by atoms with Crippen LogP contribution in [-0.4, -0.2) is 46.4 Å². The van der Waals surface area contributed by atoms with Crippen LogP contribution in [0.3, 0.4) is 0 Å². The second-order valence-electron chi connectivity index (χ2n) is 6.75. The van der Waals surface area contributed by atoms with Gasteiger partial charge in [0.1, 0.15) is 0 Å². The Bertz CT molecular complexity index is 968. The van der Waals surface area contributed by atoms with Crippen LogP contribution in [0.15, 0.2) is 47.8 Å². The van der Waals surface area contributed by atoms with Crippen LogP contribution >= 0.6 is 0 Å². The molecule has 1 aliphatic rings. The van der Waals surface area contributed by atoms with Gasteiger partial charge in [0.05, 0.1) is 16.3 Å². The SMILES string of the molecule is Cn1cc(S(=O)(=O)C2CCN(Cc3cn[nH]c3)CC2)c2ccccc21. The molecule has 6 nitrogen and oxygen atoms in total. The summed E-state index contributed by atoms with van der Waals surface area (Å²) in [4.78, 5) is 2.76. The molecule has 2 aromatic heterocycles. The Labute approximate surface area is 147 Å². The van der Waals surface area contributed by atoms with Gasteiger partial charge in [-0.05, 0) is 32.0 Å². The van der Waals surface area contributed by atoms with Gasteiger partial charge in [-0.1, -0.05) is 18.2 Å². The minimum atomic E-state index is -3.32. The summed E-state index contributed by atoms with van der Waals surface area (Å²) < 4.78 is 28.3. The summed E-state index contributed by atoms with van der Waals surface area (Å²) in [5, 5.41) is 7.30. The van der Waals surface area contributed by atoms with Crippen molar-refractivity contribution in [3.8, 4) is 0 Å². The van der Waals surface area contributed by atoms with Gasteiger partial charge in [-0.2, -0.15) is 5.10 Å². The standard InChI is InChI=1S/C18H22N4O2S/c1-21-13-18(16-4-2-3-5-17(16)21)25(23,24)15-6-8-22(9-7-15)12-14-10-19-20-11-14/h2-5,10-11,13,15H,6-9,12H2,1H3,(H,19,20). The predicted molar refractivity (Wildman–Crippen MR) is 97.0 cm³/mol. The summed E-state index contributed by atoms with van der Waals surface area (Å²) in [6, 6.07) is 7.69. The number of rotatable bonds is 4. The lowest BCUT2D eigenvalue weighted by Gasteiger charge is -2.31. The fraction of sp³-hybridized carbons (Fsp3) is 0.389. The Morgan fingerprint density at radius 1 is 1.24 bits per heavy atom. The molecule has 1 saturated heterocycles. The monoisotopic (exact) mass is 358 g/mol. The quantitative estimate of drug-likeness (QED) is 0.777. The molecule has 0 aliphatic carbocycles. The van der Waals surface area contributed by atoms with Crippen LogP contribution < -0.4 is 0 Å². The fourth-order valence-electron chi connectivity index (χ4n) is 3.71. The molecule has 25 heavy (non-hydrogen) atoms. The largest absolute Gasteiger partial charge is 0.349 e. The van der Waals surface area contributed by atoms with Crippen molar-refractivity contribution in [1.82, 2.24) is 19.7 Å². The third kappa shape index (κ3) is 2.98. The highest BCUT2D eigenvalue weighted by molar-refractivity contribution is 7.92. The number of nitrogens with zero attached hydrogens (tertiary/aromatic N) is 3. The van der Waals surface area contributed by atoms with Crippen molar-refractivity contribution in [1.29, 1.82) is 0 Å². The molecule has 0 spiro atoms. The highest BCUT2D eigenvalue weighted by Crippen LogP contribution is 2.31. The molecule has 4 rings (SSSR count). The number of aromatic amines is 1. The van der Waals surface area contributed by atoms with Crippen LogP contribution in [-0.2, 0) is 23.4 Å². The minimum Gasteiger partial charge on any atom is -0.349 e. The van der Waals surface area contributed by atoms with Crippen LogP contribution in [0.4, 0.5) is 0 Å². The number of piperidine rings is 1. The average Bonchev–Trinajstić information content (AvgIpc) is 3.24. The van der Waals surface area contributed by atoms with E-state index in [-0.39, 0.29) is 5.25 Å². The lowest BCUT2D eigenvalue weighted by molar-refractivity contribution is 0.222. The van der Waals surface area contributed by atoms with Crippen LogP contribution in [0.2, 0.25) is 0 Å². The van der Waals surface area contributed by atoms with E-state index in [1.165, 1.54) is 0 Å². The van der Waals surface area contributed by atoms with E-state index in [2.05, 4.69) is 15.1 Å². The Kier molecular flexibility index (Phi) is 4.13. The van der Waals surface area contributed by atoms with Gasteiger partial charge in [-0.25, -0.2) is 8.42 Å². The van der Waals surface area contributed by atoms with E-state index in [1.807, 2.05) is 48.3 Å². The first-order valence-electron chi connectivity index (χ1n) is 8.53. The van der Waals surface area contributed by atoms with Crippen LogP contribution in [0, 0.1) is 0 Å². The summed E-state index contributed by atoms with van der Waals surface area (Å²) in [7, 11) is -1.42. The molecule has 3 heterocycles. The molecule has 1 aliphatic heterocycles. The number of likely N-dealkylation sites (tertiary alicyclic amines) is 1. The normalized spacial score (nSPS) is 17.3. The number of fused-ring (bicyclic) bond motifs is 1. The van der Waals surface area contributed by atoms with E-state index in [4.69, 9.17) is 0 Å². The lowest BCUT2D eigenvalue weighted by Crippen LogP contribution is -2.38. The number of para-hydroxylation sites is 1. The van der Waals surface area contributed by atoms with Gasteiger partial charge in [-0.3, -0.25) is 10.00 Å². The molecular formula is C18H22N4O2S. The number of aromatic nitrogens is 3. The fourth-order valence-corrected chi connectivity index (χ4v) is 5.69. The molecule has 3 aromatic rings. The second-order valence-corrected chi connectivity index (χ2v) is 8.94.